The van der Waals surface area contributed by atoms with E-state index in [2.05, 4.69) is 0 Å². The van der Waals surface area contributed by atoms with Gasteiger partial charge < -0.3 is 9.64 Å². The Morgan fingerprint density at radius 2 is 1.81 bits per heavy atom. The molecular weight excluding hydrogens is 269 g/mol. The molecule has 0 aliphatic heterocycles. The Hall–Kier alpha value is -2.36. The number of rotatable bonds is 5. The van der Waals surface area contributed by atoms with Gasteiger partial charge in [0, 0.05) is 12.6 Å². The molecular formula is C17H18FNO2. The molecule has 110 valence electrons. The van der Waals surface area contributed by atoms with Crippen molar-refractivity contribution in [2.75, 3.05) is 20.2 Å². The van der Waals surface area contributed by atoms with E-state index in [0.717, 1.165) is 11.3 Å². The second kappa shape index (κ2) is 6.88. The zero-order chi connectivity index (χ0) is 15.2. The Kier molecular flexibility index (Phi) is 4.93. The lowest BCUT2D eigenvalue weighted by Crippen LogP contribution is -2.30. The predicted molar refractivity (Wildman–Crippen MR) is 80.0 cm³/mol. The fourth-order valence-corrected chi connectivity index (χ4v) is 1.93. The first kappa shape index (κ1) is 15.0. The summed E-state index contributed by atoms with van der Waals surface area (Å²) in [5.74, 6) is 0.320. The van der Waals surface area contributed by atoms with Gasteiger partial charge >= 0.3 is 0 Å². The lowest BCUT2D eigenvalue weighted by Gasteiger charge is -2.18. The Morgan fingerprint density at radius 1 is 1.14 bits per heavy atom. The first-order valence-electron chi connectivity index (χ1n) is 6.77. The summed E-state index contributed by atoms with van der Waals surface area (Å²) in [5.41, 5.74) is 1.53. The Morgan fingerprint density at radius 3 is 2.48 bits per heavy atom. The van der Waals surface area contributed by atoms with Crippen molar-refractivity contribution >= 4 is 5.91 Å². The van der Waals surface area contributed by atoms with Crippen LogP contribution in [0.2, 0.25) is 0 Å². The van der Waals surface area contributed by atoms with E-state index >= 15 is 0 Å². The Bertz CT molecular complexity index is 610. The van der Waals surface area contributed by atoms with Gasteiger partial charge in [-0.05, 0) is 42.8 Å². The number of nitrogens with zero attached hydrogens (tertiary/aromatic N) is 1. The molecule has 3 nitrogen and oxygen atoms in total. The molecule has 4 heteroatoms. The normalized spacial score (nSPS) is 10.2. The molecule has 0 saturated heterocycles. The fourth-order valence-electron chi connectivity index (χ4n) is 1.93. The minimum Gasteiger partial charge on any atom is -0.491 e. The molecule has 2 aromatic carbocycles. The van der Waals surface area contributed by atoms with Crippen LogP contribution in [-0.4, -0.2) is 31.0 Å². The number of halogens is 1. The van der Waals surface area contributed by atoms with E-state index in [9.17, 15) is 9.18 Å². The molecule has 2 aromatic rings. The standard InChI is InChI=1S/C17H18FNO2/c1-13-5-3-4-6-16(13)21-12-11-19(2)17(20)14-7-9-15(18)10-8-14/h3-10H,11-12H2,1-2H3. The maximum atomic E-state index is 12.8. The average molecular weight is 287 g/mol. The minimum atomic E-state index is -0.350. The molecule has 2 rings (SSSR count). The van der Waals surface area contributed by atoms with Crippen LogP contribution in [0.5, 0.6) is 5.75 Å². The van der Waals surface area contributed by atoms with Gasteiger partial charge in [0.2, 0.25) is 0 Å². The molecule has 0 saturated carbocycles. The molecule has 0 fully saturated rings. The third kappa shape index (κ3) is 4.05. The van der Waals surface area contributed by atoms with Crippen molar-refractivity contribution < 1.29 is 13.9 Å². The Labute approximate surface area is 124 Å². The monoisotopic (exact) mass is 287 g/mol. The molecule has 0 radical (unpaired) electrons. The summed E-state index contributed by atoms with van der Waals surface area (Å²) in [5, 5.41) is 0. The van der Waals surface area contributed by atoms with Gasteiger partial charge in [0.05, 0.1) is 6.54 Å². The van der Waals surface area contributed by atoms with Crippen molar-refractivity contribution in [1.82, 2.24) is 4.90 Å². The molecule has 0 atom stereocenters. The fraction of sp³-hybridized carbons (Fsp3) is 0.235. The highest BCUT2D eigenvalue weighted by molar-refractivity contribution is 5.93. The zero-order valence-corrected chi connectivity index (χ0v) is 12.2. The number of aryl methyl sites for hydroxylation is 1. The number of ether oxygens (including phenoxy) is 1. The van der Waals surface area contributed by atoms with Gasteiger partial charge in [-0.25, -0.2) is 4.39 Å². The maximum absolute atomic E-state index is 12.8. The highest BCUT2D eigenvalue weighted by Crippen LogP contribution is 2.16. The molecule has 0 N–H and O–H groups in total. The number of para-hydroxylation sites is 1. The molecule has 0 aromatic heterocycles. The largest absolute Gasteiger partial charge is 0.491 e. The highest BCUT2D eigenvalue weighted by atomic mass is 19.1. The van der Waals surface area contributed by atoms with Crippen LogP contribution in [-0.2, 0) is 0 Å². The van der Waals surface area contributed by atoms with Gasteiger partial charge in [0.25, 0.3) is 5.91 Å². The van der Waals surface area contributed by atoms with Crippen LogP contribution in [0.4, 0.5) is 4.39 Å². The number of likely N-dealkylation sites (N-methyl/N-ethyl adjacent to an activating group) is 1. The number of carbonyl (C=O) groups excluding carboxylic acids is 1. The van der Waals surface area contributed by atoms with Gasteiger partial charge in [0.15, 0.2) is 0 Å². The zero-order valence-electron chi connectivity index (χ0n) is 12.2. The molecule has 0 aliphatic carbocycles. The molecule has 21 heavy (non-hydrogen) atoms. The van der Waals surface area contributed by atoms with E-state index < -0.39 is 0 Å². The molecule has 1 amide bonds. The molecule has 0 unspecified atom stereocenters. The summed E-state index contributed by atoms with van der Waals surface area (Å²) >= 11 is 0. The van der Waals surface area contributed by atoms with Crippen LogP contribution in [0.15, 0.2) is 48.5 Å². The van der Waals surface area contributed by atoms with E-state index in [-0.39, 0.29) is 11.7 Å². The van der Waals surface area contributed by atoms with E-state index in [1.165, 1.54) is 24.3 Å². The summed E-state index contributed by atoms with van der Waals surface area (Å²) in [6.45, 7) is 2.85. The van der Waals surface area contributed by atoms with Crippen molar-refractivity contribution in [2.24, 2.45) is 0 Å². The SMILES string of the molecule is Cc1ccccc1OCCN(C)C(=O)c1ccc(F)cc1. The first-order valence-corrected chi connectivity index (χ1v) is 6.77. The van der Waals surface area contributed by atoms with Crippen LogP contribution in [0.3, 0.4) is 0 Å². The van der Waals surface area contributed by atoms with Crippen molar-refractivity contribution in [1.29, 1.82) is 0 Å². The number of amides is 1. The second-order valence-corrected chi connectivity index (χ2v) is 4.85. The van der Waals surface area contributed by atoms with E-state index in [1.807, 2.05) is 31.2 Å². The molecule has 0 spiro atoms. The van der Waals surface area contributed by atoms with E-state index in [0.29, 0.717) is 18.7 Å². The van der Waals surface area contributed by atoms with E-state index in [4.69, 9.17) is 4.74 Å². The Balaban J connectivity index is 1.87. The lowest BCUT2D eigenvalue weighted by molar-refractivity contribution is 0.0773. The summed E-state index contributed by atoms with van der Waals surface area (Å²) in [6.07, 6.45) is 0. The van der Waals surface area contributed by atoms with Crippen LogP contribution in [0, 0.1) is 12.7 Å². The molecule has 0 heterocycles. The van der Waals surface area contributed by atoms with Gasteiger partial charge in [-0.1, -0.05) is 18.2 Å². The average Bonchev–Trinajstić information content (AvgIpc) is 2.49. The molecule has 0 bridgehead atoms. The quantitative estimate of drug-likeness (QED) is 0.844. The lowest BCUT2D eigenvalue weighted by atomic mass is 10.2. The summed E-state index contributed by atoms with van der Waals surface area (Å²) in [7, 11) is 1.70. The van der Waals surface area contributed by atoms with Gasteiger partial charge in [-0.15, -0.1) is 0 Å². The smallest absolute Gasteiger partial charge is 0.253 e. The maximum Gasteiger partial charge on any atom is 0.253 e. The summed E-state index contributed by atoms with van der Waals surface area (Å²) < 4.78 is 18.5. The van der Waals surface area contributed by atoms with Crippen LogP contribution >= 0.6 is 0 Å². The van der Waals surface area contributed by atoms with Gasteiger partial charge in [-0.3, -0.25) is 4.79 Å². The number of hydrogen-bond acceptors (Lipinski definition) is 2. The summed E-state index contributed by atoms with van der Waals surface area (Å²) in [4.78, 5) is 13.7. The molecule has 0 aliphatic rings. The number of hydrogen-bond donors (Lipinski definition) is 0. The van der Waals surface area contributed by atoms with Crippen molar-refractivity contribution in [3.05, 3.63) is 65.5 Å². The summed E-state index contributed by atoms with van der Waals surface area (Å²) in [6, 6.07) is 13.3. The number of benzene rings is 2. The van der Waals surface area contributed by atoms with Crippen molar-refractivity contribution in [3.8, 4) is 5.75 Å². The number of carbonyl (C=O) groups is 1. The minimum absolute atomic E-state index is 0.150. The van der Waals surface area contributed by atoms with Gasteiger partial charge in [-0.2, -0.15) is 0 Å². The van der Waals surface area contributed by atoms with Crippen LogP contribution in [0.25, 0.3) is 0 Å². The first-order chi connectivity index (χ1) is 10.1. The van der Waals surface area contributed by atoms with E-state index in [1.54, 1.807) is 11.9 Å². The van der Waals surface area contributed by atoms with Gasteiger partial charge in [0.1, 0.15) is 18.2 Å². The highest BCUT2D eigenvalue weighted by Gasteiger charge is 2.11. The predicted octanol–water partition coefficient (Wildman–Crippen LogP) is 3.29. The van der Waals surface area contributed by atoms with Crippen molar-refractivity contribution in [3.63, 3.8) is 0 Å². The third-order valence-corrected chi connectivity index (χ3v) is 3.22. The topological polar surface area (TPSA) is 29.5 Å². The second-order valence-electron chi connectivity index (χ2n) is 4.85. The van der Waals surface area contributed by atoms with Crippen LogP contribution in [0.1, 0.15) is 15.9 Å². The van der Waals surface area contributed by atoms with Crippen molar-refractivity contribution in [2.45, 2.75) is 6.92 Å². The third-order valence-electron chi connectivity index (χ3n) is 3.22. The van der Waals surface area contributed by atoms with Crippen LogP contribution < -0.4 is 4.74 Å².